The summed E-state index contributed by atoms with van der Waals surface area (Å²) in [6, 6.07) is 6.33. The van der Waals surface area contributed by atoms with Crippen LogP contribution in [-0.4, -0.2) is 27.1 Å². The molecule has 0 N–H and O–H groups in total. The van der Waals surface area contributed by atoms with Gasteiger partial charge in [0.15, 0.2) is 5.16 Å². The lowest BCUT2D eigenvalue weighted by Gasteiger charge is -2.12. The van der Waals surface area contributed by atoms with Gasteiger partial charge in [-0.15, -0.1) is 16.8 Å². The molecule has 23 heavy (non-hydrogen) atoms. The minimum absolute atomic E-state index is 0.541. The van der Waals surface area contributed by atoms with Gasteiger partial charge >= 0.3 is 0 Å². The molecule has 1 aromatic carbocycles. The molecule has 0 spiro atoms. The Morgan fingerprint density at radius 2 is 2.09 bits per heavy atom. The average molecular weight is 331 g/mol. The van der Waals surface area contributed by atoms with E-state index in [4.69, 9.17) is 4.74 Å². The maximum absolute atomic E-state index is 5.85. The number of ether oxygens (including phenoxy) is 1. The highest BCUT2D eigenvalue weighted by molar-refractivity contribution is 7.99. The maximum atomic E-state index is 5.85. The van der Waals surface area contributed by atoms with Gasteiger partial charge in [0, 0.05) is 12.3 Å². The third-order valence-electron chi connectivity index (χ3n) is 3.66. The van der Waals surface area contributed by atoms with Gasteiger partial charge in [0.2, 0.25) is 0 Å². The monoisotopic (exact) mass is 331 g/mol. The van der Waals surface area contributed by atoms with Crippen molar-refractivity contribution in [1.29, 1.82) is 0 Å². The molecule has 0 radical (unpaired) electrons. The van der Waals surface area contributed by atoms with Crippen molar-refractivity contribution < 1.29 is 4.74 Å². The van der Waals surface area contributed by atoms with Crippen molar-refractivity contribution in [2.75, 3.05) is 12.4 Å². The molecule has 0 atom stereocenters. The van der Waals surface area contributed by atoms with Crippen molar-refractivity contribution in [2.24, 2.45) is 0 Å². The lowest BCUT2D eigenvalue weighted by Crippen LogP contribution is -2.04. The molecule has 0 unspecified atom stereocenters. The predicted molar refractivity (Wildman–Crippen MR) is 96.4 cm³/mol. The summed E-state index contributed by atoms with van der Waals surface area (Å²) in [5, 5.41) is 9.22. The van der Waals surface area contributed by atoms with E-state index in [1.165, 1.54) is 11.1 Å². The molecule has 5 heteroatoms. The van der Waals surface area contributed by atoms with E-state index in [0.717, 1.165) is 29.0 Å². The Morgan fingerprint density at radius 3 is 2.74 bits per heavy atom. The maximum Gasteiger partial charge on any atom is 0.191 e. The first-order chi connectivity index (χ1) is 11.0. The highest BCUT2D eigenvalue weighted by Crippen LogP contribution is 2.24. The Balaban J connectivity index is 1.86. The first kappa shape index (κ1) is 17.6. The Morgan fingerprint density at radius 1 is 1.30 bits per heavy atom. The molecule has 0 amide bonds. The molecule has 0 bridgehead atoms. The van der Waals surface area contributed by atoms with Gasteiger partial charge in [-0.2, -0.15) is 0 Å². The van der Waals surface area contributed by atoms with E-state index >= 15 is 0 Å². The second-order valence-corrected chi connectivity index (χ2v) is 6.86. The molecule has 2 aromatic rings. The average Bonchev–Trinajstić information content (AvgIpc) is 2.85. The molecular weight excluding hydrogens is 306 g/mol. The van der Waals surface area contributed by atoms with Gasteiger partial charge in [-0.05, 0) is 43.0 Å². The normalized spacial score (nSPS) is 11.0. The van der Waals surface area contributed by atoms with E-state index in [0.29, 0.717) is 12.5 Å². The first-order valence-electron chi connectivity index (χ1n) is 7.89. The molecule has 124 valence electrons. The number of allylic oxidation sites excluding steroid dienone is 1. The summed E-state index contributed by atoms with van der Waals surface area (Å²) in [5.74, 6) is 3.21. The highest BCUT2D eigenvalue weighted by atomic mass is 32.2. The van der Waals surface area contributed by atoms with Crippen molar-refractivity contribution in [2.45, 2.75) is 45.3 Å². The van der Waals surface area contributed by atoms with Crippen molar-refractivity contribution in [3.05, 3.63) is 47.8 Å². The van der Waals surface area contributed by atoms with Gasteiger partial charge in [-0.1, -0.05) is 37.8 Å². The van der Waals surface area contributed by atoms with E-state index in [1.807, 2.05) is 13.0 Å². The van der Waals surface area contributed by atoms with E-state index in [2.05, 4.69) is 60.3 Å². The quantitative estimate of drug-likeness (QED) is 0.409. The van der Waals surface area contributed by atoms with E-state index < -0.39 is 0 Å². The highest BCUT2D eigenvalue weighted by Gasteiger charge is 2.08. The number of aromatic nitrogens is 3. The standard InChI is InChI=1S/C18H25N3OS/c1-6-9-21-15(5)19-20-18(21)23-11-10-22-16-7-8-17(13(2)3)14(4)12-16/h6-8,12-13H,1,9-11H2,2-5H3. The molecule has 0 aliphatic carbocycles. The molecule has 1 aromatic heterocycles. The summed E-state index contributed by atoms with van der Waals surface area (Å²) in [4.78, 5) is 0. The van der Waals surface area contributed by atoms with Crippen LogP contribution in [-0.2, 0) is 6.54 Å². The Bertz CT molecular complexity index is 664. The molecule has 0 aliphatic heterocycles. The molecule has 0 saturated carbocycles. The molecule has 2 rings (SSSR count). The van der Waals surface area contributed by atoms with Gasteiger partial charge in [0.25, 0.3) is 0 Å². The number of aryl methyl sites for hydroxylation is 2. The summed E-state index contributed by atoms with van der Waals surface area (Å²) in [6.07, 6.45) is 1.86. The van der Waals surface area contributed by atoms with Crippen LogP contribution in [0.25, 0.3) is 0 Å². The van der Waals surface area contributed by atoms with Crippen molar-refractivity contribution >= 4 is 11.8 Å². The van der Waals surface area contributed by atoms with Crippen LogP contribution >= 0.6 is 11.8 Å². The predicted octanol–water partition coefficient (Wildman–Crippen LogP) is 4.38. The number of hydrogen-bond donors (Lipinski definition) is 0. The zero-order valence-corrected chi connectivity index (χ0v) is 15.2. The SMILES string of the molecule is C=CCn1c(C)nnc1SCCOc1ccc(C(C)C)c(C)c1. The summed E-state index contributed by atoms with van der Waals surface area (Å²) in [7, 11) is 0. The van der Waals surface area contributed by atoms with E-state index in [9.17, 15) is 0 Å². The topological polar surface area (TPSA) is 39.9 Å². The van der Waals surface area contributed by atoms with Crippen LogP contribution in [0.15, 0.2) is 36.0 Å². The van der Waals surface area contributed by atoms with Crippen molar-refractivity contribution in [1.82, 2.24) is 14.8 Å². The first-order valence-corrected chi connectivity index (χ1v) is 8.88. The van der Waals surface area contributed by atoms with Crippen LogP contribution in [0.1, 0.15) is 36.7 Å². The number of thioether (sulfide) groups is 1. The molecule has 0 saturated heterocycles. The third-order valence-corrected chi connectivity index (χ3v) is 4.59. The van der Waals surface area contributed by atoms with Crippen LogP contribution in [0.4, 0.5) is 0 Å². The largest absolute Gasteiger partial charge is 0.493 e. The Kier molecular flexibility index (Phi) is 6.28. The summed E-state index contributed by atoms with van der Waals surface area (Å²) in [5.41, 5.74) is 2.66. The van der Waals surface area contributed by atoms with Crippen molar-refractivity contribution in [3.63, 3.8) is 0 Å². The zero-order chi connectivity index (χ0) is 16.8. The number of nitrogens with zero attached hydrogens (tertiary/aromatic N) is 3. The van der Waals surface area contributed by atoms with Crippen LogP contribution in [0.2, 0.25) is 0 Å². The van der Waals surface area contributed by atoms with Gasteiger partial charge in [-0.3, -0.25) is 0 Å². The van der Waals surface area contributed by atoms with E-state index in [-0.39, 0.29) is 0 Å². The number of benzene rings is 1. The molecule has 0 fully saturated rings. The summed E-state index contributed by atoms with van der Waals surface area (Å²) < 4.78 is 7.91. The smallest absolute Gasteiger partial charge is 0.191 e. The fourth-order valence-corrected chi connectivity index (χ4v) is 3.30. The lowest BCUT2D eigenvalue weighted by atomic mass is 9.98. The minimum Gasteiger partial charge on any atom is -0.493 e. The second kappa shape index (κ2) is 8.20. The van der Waals surface area contributed by atoms with E-state index in [1.54, 1.807) is 11.8 Å². The van der Waals surface area contributed by atoms with Gasteiger partial charge in [0.1, 0.15) is 11.6 Å². The molecule has 4 nitrogen and oxygen atoms in total. The number of rotatable bonds is 8. The van der Waals surface area contributed by atoms with Gasteiger partial charge in [-0.25, -0.2) is 0 Å². The fourth-order valence-electron chi connectivity index (χ4n) is 2.49. The Labute approximate surface area is 143 Å². The van der Waals surface area contributed by atoms with Crippen molar-refractivity contribution in [3.8, 4) is 5.75 Å². The van der Waals surface area contributed by atoms with Crippen LogP contribution < -0.4 is 4.74 Å². The summed E-state index contributed by atoms with van der Waals surface area (Å²) >= 11 is 1.66. The lowest BCUT2D eigenvalue weighted by molar-refractivity contribution is 0.343. The fraction of sp³-hybridized carbons (Fsp3) is 0.444. The van der Waals surface area contributed by atoms with Crippen LogP contribution in [0.3, 0.4) is 0 Å². The van der Waals surface area contributed by atoms with Crippen LogP contribution in [0.5, 0.6) is 5.75 Å². The van der Waals surface area contributed by atoms with Gasteiger partial charge in [0.05, 0.1) is 6.61 Å². The summed E-state index contributed by atoms with van der Waals surface area (Å²) in [6.45, 7) is 13.7. The zero-order valence-electron chi connectivity index (χ0n) is 14.4. The second-order valence-electron chi connectivity index (χ2n) is 5.80. The number of hydrogen-bond acceptors (Lipinski definition) is 4. The molecular formula is C18H25N3OS. The Hall–Kier alpha value is -1.75. The molecule has 0 aliphatic rings. The van der Waals surface area contributed by atoms with Gasteiger partial charge < -0.3 is 9.30 Å². The molecule has 1 heterocycles. The minimum atomic E-state index is 0.541. The third kappa shape index (κ3) is 4.61. The van der Waals surface area contributed by atoms with Crippen LogP contribution in [0, 0.1) is 13.8 Å².